The molecule has 5 heteroatoms. The van der Waals surface area contributed by atoms with E-state index in [1.54, 1.807) is 24.3 Å². The summed E-state index contributed by atoms with van der Waals surface area (Å²) in [6.45, 7) is 0.963. The van der Waals surface area contributed by atoms with Gasteiger partial charge in [0.05, 0.1) is 0 Å². The number of ether oxygens (including phenoxy) is 2. The fraction of sp³-hybridized carbons (Fsp3) is 0.167. The van der Waals surface area contributed by atoms with Gasteiger partial charge >= 0.3 is 5.97 Å². The van der Waals surface area contributed by atoms with Crippen LogP contribution in [0.3, 0.4) is 0 Å². The van der Waals surface area contributed by atoms with Crippen molar-refractivity contribution in [2.75, 3.05) is 13.2 Å². The molecule has 5 nitrogen and oxygen atoms in total. The highest BCUT2D eigenvalue weighted by Crippen LogP contribution is 2.31. The number of nitrogens with zero attached hydrogens (tertiary/aromatic N) is 1. The van der Waals surface area contributed by atoms with Gasteiger partial charge in [0.1, 0.15) is 24.9 Å². The predicted molar refractivity (Wildman–Crippen MR) is 58.7 cm³/mol. The number of rotatable bonds is 2. The number of fused-ring (bicyclic) bond motifs is 1. The summed E-state index contributed by atoms with van der Waals surface area (Å²) in [5.74, 6) is -0.0581. The summed E-state index contributed by atoms with van der Waals surface area (Å²) < 4.78 is 10.7. The van der Waals surface area contributed by atoms with Crippen LogP contribution >= 0.6 is 0 Å². The number of carboxylic acids is 1. The van der Waals surface area contributed by atoms with Crippen molar-refractivity contribution in [1.82, 2.24) is 0 Å². The molecule has 0 spiro atoms. The Morgan fingerprint density at radius 2 is 2.06 bits per heavy atom. The molecule has 17 heavy (non-hydrogen) atoms. The van der Waals surface area contributed by atoms with Crippen LogP contribution in [0.4, 0.5) is 0 Å². The molecule has 0 saturated heterocycles. The molecule has 1 aromatic carbocycles. The van der Waals surface area contributed by atoms with Crippen LogP contribution in [0.25, 0.3) is 6.08 Å². The summed E-state index contributed by atoms with van der Waals surface area (Å²) in [6.07, 6.45) is 1.29. The van der Waals surface area contributed by atoms with Gasteiger partial charge in [0.25, 0.3) is 0 Å². The number of carboxylic acid groups (broad SMARTS) is 1. The van der Waals surface area contributed by atoms with Crippen molar-refractivity contribution in [3.63, 3.8) is 0 Å². The second-order valence-electron chi connectivity index (χ2n) is 3.38. The van der Waals surface area contributed by atoms with Crippen LogP contribution in [-0.2, 0) is 4.79 Å². The highest BCUT2D eigenvalue weighted by Gasteiger charge is 2.12. The van der Waals surface area contributed by atoms with E-state index in [4.69, 9.17) is 19.8 Å². The van der Waals surface area contributed by atoms with Crippen LogP contribution in [0.15, 0.2) is 23.8 Å². The smallest absolute Gasteiger partial charge is 0.346 e. The third-order valence-corrected chi connectivity index (χ3v) is 2.23. The molecule has 0 saturated carbocycles. The molecular formula is C12H9NO4. The van der Waals surface area contributed by atoms with E-state index in [9.17, 15) is 4.79 Å². The maximum atomic E-state index is 10.7. The van der Waals surface area contributed by atoms with E-state index < -0.39 is 5.97 Å². The lowest BCUT2D eigenvalue weighted by Crippen LogP contribution is -2.15. The zero-order chi connectivity index (χ0) is 12.3. The maximum Gasteiger partial charge on any atom is 0.346 e. The van der Waals surface area contributed by atoms with Gasteiger partial charge in [-0.1, -0.05) is 6.07 Å². The number of nitriles is 1. The van der Waals surface area contributed by atoms with Gasteiger partial charge in [-0.05, 0) is 23.8 Å². The fourth-order valence-electron chi connectivity index (χ4n) is 1.46. The Bertz CT molecular complexity index is 528. The highest BCUT2D eigenvalue weighted by atomic mass is 16.6. The van der Waals surface area contributed by atoms with Crippen LogP contribution < -0.4 is 9.47 Å². The third kappa shape index (κ3) is 2.37. The molecule has 1 aromatic rings. The van der Waals surface area contributed by atoms with Crippen molar-refractivity contribution in [1.29, 1.82) is 5.26 Å². The first-order valence-electron chi connectivity index (χ1n) is 4.95. The van der Waals surface area contributed by atoms with E-state index in [0.717, 1.165) is 0 Å². The number of aliphatic carboxylic acids is 1. The van der Waals surface area contributed by atoms with Crippen LogP contribution in [0.2, 0.25) is 0 Å². The van der Waals surface area contributed by atoms with Gasteiger partial charge in [0.15, 0.2) is 11.5 Å². The molecule has 0 bridgehead atoms. The van der Waals surface area contributed by atoms with E-state index in [1.807, 2.05) is 0 Å². The molecule has 0 aliphatic carbocycles. The van der Waals surface area contributed by atoms with E-state index in [1.165, 1.54) is 6.08 Å². The molecule has 0 unspecified atom stereocenters. The molecule has 1 aliphatic heterocycles. The van der Waals surface area contributed by atoms with Crippen molar-refractivity contribution in [2.45, 2.75) is 0 Å². The Morgan fingerprint density at radius 1 is 1.35 bits per heavy atom. The first-order valence-corrected chi connectivity index (χ1v) is 4.95. The van der Waals surface area contributed by atoms with Gasteiger partial charge in [-0.15, -0.1) is 0 Å². The van der Waals surface area contributed by atoms with Gasteiger partial charge in [-0.3, -0.25) is 0 Å². The van der Waals surface area contributed by atoms with Crippen molar-refractivity contribution >= 4 is 12.0 Å². The van der Waals surface area contributed by atoms with Crippen molar-refractivity contribution < 1.29 is 19.4 Å². The minimum atomic E-state index is -1.25. The summed E-state index contributed by atoms with van der Waals surface area (Å²) in [6, 6.07) is 6.63. The molecule has 1 heterocycles. The van der Waals surface area contributed by atoms with Gasteiger partial charge in [-0.2, -0.15) is 5.26 Å². The van der Waals surface area contributed by atoms with E-state index in [0.29, 0.717) is 30.3 Å². The van der Waals surface area contributed by atoms with E-state index in [2.05, 4.69) is 0 Å². The molecule has 2 rings (SSSR count). The van der Waals surface area contributed by atoms with Crippen LogP contribution in [0.5, 0.6) is 11.5 Å². The zero-order valence-corrected chi connectivity index (χ0v) is 8.84. The lowest BCUT2D eigenvalue weighted by atomic mass is 10.1. The average Bonchev–Trinajstić information content (AvgIpc) is 2.35. The first-order chi connectivity index (χ1) is 8.20. The van der Waals surface area contributed by atoms with Crippen LogP contribution in [-0.4, -0.2) is 24.3 Å². The Labute approximate surface area is 97.5 Å². The highest BCUT2D eigenvalue weighted by molar-refractivity contribution is 5.96. The SMILES string of the molecule is N#C/C(=C\c1ccc2c(c1)OCCO2)C(=O)O. The standard InChI is InChI=1S/C12H9NO4/c13-7-9(12(14)15)5-8-1-2-10-11(6-8)17-4-3-16-10/h1-2,5-6H,3-4H2,(H,14,15)/b9-5+. The first kappa shape index (κ1) is 11.0. The minimum absolute atomic E-state index is 0.318. The Hall–Kier alpha value is -2.48. The van der Waals surface area contributed by atoms with Gasteiger partial charge in [0.2, 0.25) is 0 Å². The third-order valence-electron chi connectivity index (χ3n) is 2.23. The Kier molecular flexibility index (Phi) is 2.97. The molecule has 86 valence electrons. The van der Waals surface area contributed by atoms with Crippen molar-refractivity contribution in [2.24, 2.45) is 0 Å². The summed E-state index contributed by atoms with van der Waals surface area (Å²) in [4.78, 5) is 10.7. The Balaban J connectivity index is 2.35. The molecule has 0 aromatic heterocycles. The summed E-state index contributed by atoms with van der Waals surface area (Å²) >= 11 is 0. The molecule has 0 amide bonds. The summed E-state index contributed by atoms with van der Waals surface area (Å²) in [7, 11) is 0. The van der Waals surface area contributed by atoms with Gasteiger partial charge in [0, 0.05) is 0 Å². The average molecular weight is 231 g/mol. The largest absolute Gasteiger partial charge is 0.486 e. The topological polar surface area (TPSA) is 79.5 Å². The zero-order valence-electron chi connectivity index (χ0n) is 8.84. The van der Waals surface area contributed by atoms with Crippen molar-refractivity contribution in [3.05, 3.63) is 29.3 Å². The minimum Gasteiger partial charge on any atom is -0.486 e. The number of hydrogen-bond acceptors (Lipinski definition) is 4. The quantitative estimate of drug-likeness (QED) is 0.615. The normalized spacial score (nSPS) is 13.9. The summed E-state index contributed by atoms with van der Waals surface area (Å²) in [5.41, 5.74) is 0.273. The second-order valence-corrected chi connectivity index (χ2v) is 3.38. The molecule has 0 fully saturated rings. The monoisotopic (exact) mass is 231 g/mol. The van der Waals surface area contributed by atoms with Crippen molar-refractivity contribution in [3.8, 4) is 17.6 Å². The fourth-order valence-corrected chi connectivity index (χ4v) is 1.46. The van der Waals surface area contributed by atoms with Gasteiger partial charge < -0.3 is 14.6 Å². The Morgan fingerprint density at radius 3 is 2.71 bits per heavy atom. The van der Waals surface area contributed by atoms with Crippen LogP contribution in [0.1, 0.15) is 5.56 Å². The number of hydrogen-bond donors (Lipinski definition) is 1. The lowest BCUT2D eigenvalue weighted by molar-refractivity contribution is -0.132. The molecule has 0 atom stereocenters. The summed E-state index contributed by atoms with van der Waals surface area (Å²) in [5, 5.41) is 17.4. The number of carbonyl (C=O) groups is 1. The van der Waals surface area contributed by atoms with E-state index in [-0.39, 0.29) is 5.57 Å². The second kappa shape index (κ2) is 4.58. The number of benzene rings is 1. The molecule has 1 N–H and O–H groups in total. The predicted octanol–water partition coefficient (Wildman–Crippen LogP) is 1.45. The van der Waals surface area contributed by atoms with E-state index >= 15 is 0 Å². The molecular weight excluding hydrogens is 222 g/mol. The van der Waals surface area contributed by atoms with Crippen LogP contribution in [0, 0.1) is 11.3 Å². The lowest BCUT2D eigenvalue weighted by Gasteiger charge is -2.18. The molecule has 0 radical (unpaired) electrons. The molecule has 1 aliphatic rings. The maximum absolute atomic E-state index is 10.7. The van der Waals surface area contributed by atoms with Gasteiger partial charge in [-0.25, -0.2) is 4.79 Å².